The number of allylic oxidation sites excluding steroid dienone is 1. The van der Waals surface area contributed by atoms with Crippen LogP contribution in [0.3, 0.4) is 0 Å². The van der Waals surface area contributed by atoms with Gasteiger partial charge < -0.3 is 19.8 Å². The van der Waals surface area contributed by atoms with Gasteiger partial charge in [0, 0.05) is 38.0 Å². The summed E-state index contributed by atoms with van der Waals surface area (Å²) in [5, 5.41) is 0.859. The summed E-state index contributed by atoms with van der Waals surface area (Å²) in [6.07, 6.45) is 1.72. The van der Waals surface area contributed by atoms with Crippen LogP contribution in [0.2, 0.25) is 0 Å². The van der Waals surface area contributed by atoms with Gasteiger partial charge in [0.05, 0.1) is 11.4 Å². The first-order chi connectivity index (χ1) is 14.3. The molecule has 3 N–H and O–H groups in total. The average Bonchev–Trinajstić information content (AvgIpc) is 3.01. The van der Waals surface area contributed by atoms with E-state index in [2.05, 4.69) is 0 Å². The molecular weight excluding hydrogens is 405 g/mol. The molecule has 0 bridgehead atoms. The minimum Gasteiger partial charge on any atom is -0.343 e. The number of aromatic nitrogens is 1. The lowest BCUT2D eigenvalue weighted by atomic mass is 10.0. The zero-order chi connectivity index (χ0) is 21.8. The Kier molecular flexibility index (Phi) is 6.81. The first-order valence-corrected chi connectivity index (χ1v) is 10.5. The van der Waals surface area contributed by atoms with E-state index in [4.69, 9.17) is 5.73 Å². The molecule has 0 aliphatic heterocycles. The summed E-state index contributed by atoms with van der Waals surface area (Å²) < 4.78 is 36.5. The second-order valence-corrected chi connectivity index (χ2v) is 8.06. The standard InChI is InChI=1S/C22H24FN3O3S/c1-25(2)22(27)21-19(13-15-7-9-17(10-8-15)30(28)29)18-5-3-4-6-20(18)26(21)14-16(23)11-12-24/h3-11H,12-14,24H2,1-2H3,(H,28,29)/b16-11-. The number of hydrogen-bond donors (Lipinski definition) is 2. The van der Waals surface area contributed by atoms with Gasteiger partial charge in [-0.25, -0.2) is 8.60 Å². The molecule has 3 aromatic rings. The van der Waals surface area contributed by atoms with Gasteiger partial charge in [-0.2, -0.15) is 0 Å². The third kappa shape index (κ3) is 4.51. The molecule has 2 aromatic carbocycles. The van der Waals surface area contributed by atoms with Gasteiger partial charge in [0.15, 0.2) is 11.1 Å². The number of hydrogen-bond acceptors (Lipinski definition) is 3. The van der Waals surface area contributed by atoms with Gasteiger partial charge >= 0.3 is 0 Å². The fourth-order valence-corrected chi connectivity index (χ4v) is 3.81. The fourth-order valence-electron chi connectivity index (χ4n) is 3.45. The average molecular weight is 430 g/mol. The van der Waals surface area contributed by atoms with E-state index >= 15 is 0 Å². The van der Waals surface area contributed by atoms with Crippen LogP contribution in [0.25, 0.3) is 10.9 Å². The van der Waals surface area contributed by atoms with Crippen LogP contribution >= 0.6 is 0 Å². The molecule has 6 nitrogen and oxygen atoms in total. The van der Waals surface area contributed by atoms with Crippen molar-refractivity contribution >= 4 is 27.9 Å². The van der Waals surface area contributed by atoms with Crippen molar-refractivity contribution in [2.45, 2.75) is 17.9 Å². The summed E-state index contributed by atoms with van der Waals surface area (Å²) in [7, 11) is 3.32. The van der Waals surface area contributed by atoms with Crippen molar-refractivity contribution in [1.82, 2.24) is 9.47 Å². The lowest BCUT2D eigenvalue weighted by Crippen LogP contribution is -2.26. The number of nitrogens with zero attached hydrogens (tertiary/aromatic N) is 2. The van der Waals surface area contributed by atoms with E-state index in [1.165, 1.54) is 11.0 Å². The Bertz CT molecular complexity index is 1120. The predicted molar refractivity (Wildman–Crippen MR) is 116 cm³/mol. The molecule has 1 heterocycles. The molecule has 30 heavy (non-hydrogen) atoms. The highest BCUT2D eigenvalue weighted by atomic mass is 32.2. The Morgan fingerprint density at radius 1 is 1.20 bits per heavy atom. The summed E-state index contributed by atoms with van der Waals surface area (Å²) >= 11 is -2.05. The smallest absolute Gasteiger partial charge is 0.270 e. The summed E-state index contributed by atoms with van der Waals surface area (Å²) in [4.78, 5) is 14.9. The first-order valence-electron chi connectivity index (χ1n) is 9.39. The number of para-hydroxylation sites is 1. The zero-order valence-electron chi connectivity index (χ0n) is 16.8. The number of benzene rings is 2. The van der Waals surface area contributed by atoms with Crippen LogP contribution in [0.5, 0.6) is 0 Å². The van der Waals surface area contributed by atoms with Gasteiger partial charge in [-0.05, 0) is 35.4 Å². The van der Waals surface area contributed by atoms with Crippen LogP contribution in [0.15, 0.2) is 65.3 Å². The van der Waals surface area contributed by atoms with Crippen LogP contribution in [0.1, 0.15) is 21.6 Å². The van der Waals surface area contributed by atoms with Crippen LogP contribution in [-0.4, -0.2) is 44.8 Å². The Morgan fingerprint density at radius 2 is 1.87 bits per heavy atom. The second kappa shape index (κ2) is 9.34. The summed E-state index contributed by atoms with van der Waals surface area (Å²) in [6.45, 7) is -0.0114. The largest absolute Gasteiger partial charge is 0.343 e. The van der Waals surface area contributed by atoms with E-state index in [0.717, 1.165) is 22.0 Å². The molecule has 1 atom stereocenters. The summed E-state index contributed by atoms with van der Waals surface area (Å²) in [5.74, 6) is -0.637. The fraction of sp³-hybridized carbons (Fsp3) is 0.227. The molecule has 0 saturated heterocycles. The molecule has 0 aliphatic carbocycles. The molecule has 0 saturated carbocycles. The number of fused-ring (bicyclic) bond motifs is 1. The molecule has 1 unspecified atom stereocenters. The van der Waals surface area contributed by atoms with Gasteiger partial charge in [0.2, 0.25) is 0 Å². The SMILES string of the molecule is CN(C)C(=O)c1c(Cc2ccc(S(=O)O)cc2)c2ccccc2n1C/C(F)=C/CN. The molecule has 3 rings (SSSR count). The first kappa shape index (κ1) is 21.9. The lowest BCUT2D eigenvalue weighted by Gasteiger charge is -2.16. The molecule has 8 heteroatoms. The number of nitrogens with two attached hydrogens (primary N) is 1. The van der Waals surface area contributed by atoms with Gasteiger partial charge in [0.1, 0.15) is 11.5 Å². The van der Waals surface area contributed by atoms with Crippen molar-refractivity contribution < 1.29 is 17.9 Å². The minimum atomic E-state index is -2.05. The number of amides is 1. The van der Waals surface area contributed by atoms with Gasteiger partial charge in [-0.1, -0.05) is 30.3 Å². The predicted octanol–water partition coefficient (Wildman–Crippen LogP) is 3.33. The van der Waals surface area contributed by atoms with Gasteiger partial charge in [0.25, 0.3) is 5.91 Å². The van der Waals surface area contributed by atoms with Crippen LogP contribution in [-0.2, 0) is 24.0 Å². The number of halogens is 1. The maximum atomic E-state index is 14.4. The Labute approximate surface area is 177 Å². The van der Waals surface area contributed by atoms with Crippen LogP contribution in [0, 0.1) is 0 Å². The minimum absolute atomic E-state index is 0.0768. The Hall–Kier alpha value is -2.81. The Morgan fingerprint density at radius 3 is 2.47 bits per heavy atom. The van der Waals surface area contributed by atoms with Crippen LogP contribution in [0.4, 0.5) is 4.39 Å². The summed E-state index contributed by atoms with van der Waals surface area (Å²) in [6, 6.07) is 14.2. The molecule has 1 aromatic heterocycles. The molecule has 0 aliphatic rings. The third-order valence-electron chi connectivity index (χ3n) is 4.84. The van der Waals surface area contributed by atoms with Crippen molar-refractivity contribution in [2.24, 2.45) is 5.73 Å². The van der Waals surface area contributed by atoms with Crippen molar-refractivity contribution in [3.8, 4) is 0 Å². The second-order valence-electron chi connectivity index (χ2n) is 7.09. The van der Waals surface area contributed by atoms with E-state index in [0.29, 0.717) is 17.0 Å². The van der Waals surface area contributed by atoms with Crippen molar-refractivity contribution in [2.75, 3.05) is 20.6 Å². The van der Waals surface area contributed by atoms with Crippen LogP contribution < -0.4 is 5.73 Å². The normalized spacial score (nSPS) is 12.9. The monoisotopic (exact) mass is 429 g/mol. The quantitative estimate of drug-likeness (QED) is 0.564. The number of carbonyl (C=O) groups excluding carboxylic acids is 1. The van der Waals surface area contributed by atoms with Crippen molar-refractivity contribution in [1.29, 1.82) is 0 Å². The van der Waals surface area contributed by atoms with E-state index < -0.39 is 16.9 Å². The molecule has 0 radical (unpaired) electrons. The van der Waals surface area contributed by atoms with Gasteiger partial charge in [-0.15, -0.1) is 0 Å². The number of rotatable bonds is 7. The van der Waals surface area contributed by atoms with Gasteiger partial charge in [-0.3, -0.25) is 4.79 Å². The van der Waals surface area contributed by atoms with E-state index in [-0.39, 0.29) is 19.0 Å². The highest BCUT2D eigenvalue weighted by Gasteiger charge is 2.24. The third-order valence-corrected chi connectivity index (χ3v) is 5.51. The lowest BCUT2D eigenvalue weighted by molar-refractivity contribution is 0.0817. The molecular formula is C22H24FN3O3S. The molecule has 158 valence electrons. The molecule has 0 fully saturated rings. The topological polar surface area (TPSA) is 88.6 Å². The highest BCUT2D eigenvalue weighted by Crippen LogP contribution is 2.30. The molecule has 0 spiro atoms. The molecule has 1 amide bonds. The van der Waals surface area contributed by atoms with E-state index in [1.807, 2.05) is 24.3 Å². The van der Waals surface area contributed by atoms with E-state index in [1.54, 1.807) is 42.9 Å². The van der Waals surface area contributed by atoms with E-state index in [9.17, 15) is 17.9 Å². The zero-order valence-corrected chi connectivity index (χ0v) is 17.7. The summed E-state index contributed by atoms with van der Waals surface area (Å²) in [5.41, 5.74) is 8.27. The maximum Gasteiger partial charge on any atom is 0.270 e. The maximum absolute atomic E-state index is 14.4. The van der Waals surface area contributed by atoms with Crippen molar-refractivity contribution in [3.63, 3.8) is 0 Å². The highest BCUT2D eigenvalue weighted by molar-refractivity contribution is 7.79. The number of carbonyl (C=O) groups is 1. The Balaban J connectivity index is 2.18. The van der Waals surface area contributed by atoms with Crippen molar-refractivity contribution in [3.05, 3.63) is 77.3 Å².